The van der Waals surface area contributed by atoms with E-state index in [2.05, 4.69) is 0 Å². The van der Waals surface area contributed by atoms with E-state index in [1.807, 2.05) is 13.8 Å². The molecule has 0 bridgehead atoms. The Morgan fingerprint density at radius 1 is 1.21 bits per heavy atom. The van der Waals surface area contributed by atoms with E-state index in [4.69, 9.17) is 9.47 Å². The lowest BCUT2D eigenvalue weighted by Crippen LogP contribution is -2.68. The van der Waals surface area contributed by atoms with Crippen LogP contribution >= 0.6 is 0 Å². The van der Waals surface area contributed by atoms with Crippen molar-refractivity contribution in [2.24, 2.45) is 35.0 Å². The number of ketones is 1. The molecule has 0 radical (unpaired) electrons. The molecule has 9 heteroatoms. The van der Waals surface area contributed by atoms with Crippen molar-refractivity contribution in [1.29, 1.82) is 0 Å². The van der Waals surface area contributed by atoms with Crippen LogP contribution in [0, 0.1) is 35.0 Å². The molecule has 4 aliphatic rings. The number of hydrogen-bond acceptors (Lipinski definition) is 9. The van der Waals surface area contributed by atoms with Gasteiger partial charge in [-0.2, -0.15) is 0 Å². The number of esters is 2. The molecule has 38 heavy (non-hydrogen) atoms. The Hall–Kier alpha value is -2.33. The van der Waals surface area contributed by atoms with Crippen molar-refractivity contribution in [1.82, 2.24) is 0 Å². The largest absolute Gasteiger partial charge is 0.454 e. The van der Waals surface area contributed by atoms with Gasteiger partial charge in [0, 0.05) is 34.7 Å². The first-order valence-corrected chi connectivity index (χ1v) is 13.2. The number of ether oxygens (including phenoxy) is 2. The maximum absolute atomic E-state index is 13.2. The Balaban J connectivity index is 1.99. The Morgan fingerprint density at radius 3 is 2.34 bits per heavy atom. The molecule has 210 valence electrons. The maximum atomic E-state index is 13.2. The minimum absolute atomic E-state index is 0.00549. The number of allylic oxidation sites excluding steroid dienone is 1. The van der Waals surface area contributed by atoms with Crippen LogP contribution in [0.5, 0.6) is 0 Å². The van der Waals surface area contributed by atoms with Crippen molar-refractivity contribution in [2.45, 2.75) is 84.4 Å². The number of aliphatic hydroxyl groups excluding tert-OH is 2. The second-order valence-corrected chi connectivity index (χ2v) is 12.4. The third-order valence-electron chi connectivity index (χ3n) is 9.81. The average Bonchev–Trinajstić information content (AvgIpc) is 3.26. The summed E-state index contributed by atoms with van der Waals surface area (Å²) in [6.45, 7) is 12.8. The van der Waals surface area contributed by atoms with Crippen LogP contribution in [0.1, 0.15) is 55.4 Å². The number of aliphatic hydroxyl groups is 4. The van der Waals surface area contributed by atoms with Gasteiger partial charge in [0.05, 0.1) is 24.2 Å². The first-order valence-electron chi connectivity index (χ1n) is 13.2. The van der Waals surface area contributed by atoms with Gasteiger partial charge in [0.15, 0.2) is 17.0 Å². The number of carbonyl (C=O) groups excluding carboxylic acids is 3. The molecule has 4 aliphatic carbocycles. The number of fused-ring (bicyclic) bond motifs is 5. The fraction of sp³-hybridized carbons (Fsp3) is 0.690. The third kappa shape index (κ3) is 3.41. The lowest BCUT2D eigenvalue weighted by atomic mass is 9.58. The van der Waals surface area contributed by atoms with Crippen molar-refractivity contribution in [3.8, 4) is 0 Å². The van der Waals surface area contributed by atoms with E-state index < -0.39 is 88.3 Å². The van der Waals surface area contributed by atoms with Crippen molar-refractivity contribution in [2.75, 3.05) is 6.61 Å². The van der Waals surface area contributed by atoms with E-state index >= 15 is 0 Å². The Kier molecular flexibility index (Phi) is 6.67. The fourth-order valence-corrected chi connectivity index (χ4v) is 7.51. The standard InChI is InChI=1S/C29H40O9/c1-9-14(4)25(34)37-23-16(6)28(36)18-10-15(5)22(32)27(18,35)11-17(12-30)20(31)19(28)21-26(7,8)29(21,23)38-24(33)13(2)3/h9-11,13,16,18-21,23,30-31,35-36H,12H2,1-8H3/b14-9+/t16-,18-,19+,20+,21-,23-,27-,28+,29-/m1/s1. The molecule has 9 nitrogen and oxygen atoms in total. The zero-order valence-corrected chi connectivity index (χ0v) is 23.3. The minimum Gasteiger partial charge on any atom is -0.454 e. The smallest absolute Gasteiger partial charge is 0.333 e. The molecule has 9 atom stereocenters. The summed E-state index contributed by atoms with van der Waals surface area (Å²) >= 11 is 0. The first-order chi connectivity index (χ1) is 17.5. The first kappa shape index (κ1) is 28.7. The summed E-state index contributed by atoms with van der Waals surface area (Å²) < 4.78 is 12.2. The lowest BCUT2D eigenvalue weighted by molar-refractivity contribution is -0.240. The highest BCUT2D eigenvalue weighted by Gasteiger charge is 2.89. The second kappa shape index (κ2) is 8.84. The average molecular weight is 533 g/mol. The minimum atomic E-state index is -2.22. The van der Waals surface area contributed by atoms with Gasteiger partial charge in [0.2, 0.25) is 0 Å². The molecule has 0 unspecified atom stereocenters. The summed E-state index contributed by atoms with van der Waals surface area (Å²) in [6, 6.07) is 0. The molecule has 0 aliphatic heterocycles. The van der Waals surface area contributed by atoms with Crippen LogP contribution in [0.15, 0.2) is 34.9 Å². The molecule has 0 heterocycles. The molecule has 0 saturated heterocycles. The van der Waals surface area contributed by atoms with Crippen molar-refractivity contribution in [3.63, 3.8) is 0 Å². The van der Waals surface area contributed by atoms with Gasteiger partial charge < -0.3 is 29.9 Å². The molecule has 4 N–H and O–H groups in total. The quantitative estimate of drug-likeness (QED) is 0.235. The maximum Gasteiger partial charge on any atom is 0.333 e. The highest BCUT2D eigenvalue weighted by atomic mass is 16.6. The van der Waals surface area contributed by atoms with E-state index in [0.717, 1.165) is 6.08 Å². The normalized spacial score (nSPS) is 43.3. The van der Waals surface area contributed by atoms with Gasteiger partial charge in [-0.15, -0.1) is 0 Å². The summed E-state index contributed by atoms with van der Waals surface area (Å²) in [5.41, 5.74) is -5.95. The Bertz CT molecular complexity index is 1160. The molecule has 2 saturated carbocycles. The van der Waals surface area contributed by atoms with Crippen molar-refractivity contribution < 1.29 is 44.3 Å². The molecule has 0 aromatic carbocycles. The molecule has 0 amide bonds. The van der Waals surface area contributed by atoms with Crippen LogP contribution in [-0.2, 0) is 23.9 Å². The van der Waals surface area contributed by atoms with Crippen molar-refractivity contribution in [3.05, 3.63) is 34.9 Å². The zero-order chi connectivity index (χ0) is 28.7. The number of rotatable bonds is 5. The third-order valence-corrected chi connectivity index (χ3v) is 9.81. The Labute approximate surface area is 223 Å². The summed E-state index contributed by atoms with van der Waals surface area (Å²) in [7, 11) is 0. The fourth-order valence-electron chi connectivity index (χ4n) is 7.51. The number of carbonyl (C=O) groups is 3. The van der Waals surface area contributed by atoms with Gasteiger partial charge in [-0.25, -0.2) is 4.79 Å². The van der Waals surface area contributed by atoms with Gasteiger partial charge in [-0.3, -0.25) is 9.59 Å². The summed E-state index contributed by atoms with van der Waals surface area (Å²) in [5, 5.41) is 46.2. The monoisotopic (exact) mass is 532 g/mol. The molecule has 0 aromatic heterocycles. The van der Waals surface area contributed by atoms with Crippen LogP contribution in [0.3, 0.4) is 0 Å². The van der Waals surface area contributed by atoms with Gasteiger partial charge in [-0.1, -0.05) is 46.8 Å². The topological polar surface area (TPSA) is 151 Å². The van der Waals surface area contributed by atoms with Crippen LogP contribution in [-0.4, -0.2) is 73.8 Å². The highest BCUT2D eigenvalue weighted by Crippen LogP contribution is 2.77. The van der Waals surface area contributed by atoms with E-state index in [1.54, 1.807) is 40.7 Å². The van der Waals surface area contributed by atoms with E-state index in [-0.39, 0.29) is 11.1 Å². The van der Waals surface area contributed by atoms with Gasteiger partial charge >= 0.3 is 11.9 Å². The van der Waals surface area contributed by atoms with Gasteiger partial charge in [0.1, 0.15) is 6.10 Å². The van der Waals surface area contributed by atoms with E-state index in [1.165, 1.54) is 13.0 Å². The lowest BCUT2D eigenvalue weighted by Gasteiger charge is -2.54. The molecule has 4 rings (SSSR count). The molecule has 0 spiro atoms. The van der Waals surface area contributed by atoms with Crippen LogP contribution in [0.25, 0.3) is 0 Å². The highest BCUT2D eigenvalue weighted by molar-refractivity contribution is 6.06. The van der Waals surface area contributed by atoms with Crippen LogP contribution in [0.2, 0.25) is 0 Å². The molecule has 0 aromatic rings. The predicted octanol–water partition coefficient (Wildman–Crippen LogP) is 1.62. The summed E-state index contributed by atoms with van der Waals surface area (Å²) in [6.07, 6.45) is 1.60. The predicted molar refractivity (Wildman–Crippen MR) is 136 cm³/mol. The van der Waals surface area contributed by atoms with Gasteiger partial charge in [-0.05, 0) is 38.0 Å². The Morgan fingerprint density at radius 2 is 1.82 bits per heavy atom. The zero-order valence-electron chi connectivity index (χ0n) is 23.3. The van der Waals surface area contributed by atoms with Crippen LogP contribution < -0.4 is 0 Å². The summed E-state index contributed by atoms with van der Waals surface area (Å²) in [5.74, 6) is -6.34. The molecule has 2 fully saturated rings. The summed E-state index contributed by atoms with van der Waals surface area (Å²) in [4.78, 5) is 39.3. The molecular weight excluding hydrogens is 492 g/mol. The molecular formula is C29H40O9. The number of Topliss-reactive ketones (excluding diaryl/α,β-unsaturated/α-hetero) is 1. The van der Waals surface area contributed by atoms with E-state index in [9.17, 15) is 34.8 Å². The van der Waals surface area contributed by atoms with Crippen molar-refractivity contribution >= 4 is 17.7 Å². The van der Waals surface area contributed by atoms with Gasteiger partial charge in [0.25, 0.3) is 0 Å². The second-order valence-electron chi connectivity index (χ2n) is 12.4. The van der Waals surface area contributed by atoms with E-state index in [0.29, 0.717) is 5.57 Å². The number of hydrogen-bond donors (Lipinski definition) is 4. The SMILES string of the molecule is C/C=C(\C)C(=O)O[C@@H]1[C@@H](C)[C@@]2(O)[C@H]([C@@H]3C(C)(C)[C@]13OC(=O)C(C)C)[C@@H](O)C(CO)=C[C@]1(O)C(=O)C(C)=C[C@@H]21. The van der Waals surface area contributed by atoms with Crippen LogP contribution in [0.4, 0.5) is 0 Å².